The number of nitrogens with two attached hydrogens (primary N) is 1. The van der Waals surface area contributed by atoms with E-state index in [0.29, 0.717) is 22.6 Å². The van der Waals surface area contributed by atoms with Crippen molar-refractivity contribution in [1.82, 2.24) is 24.7 Å². The average molecular weight is 424 g/mol. The van der Waals surface area contributed by atoms with Gasteiger partial charge < -0.3 is 10.2 Å². The van der Waals surface area contributed by atoms with Gasteiger partial charge in [-0.05, 0) is 19.1 Å². The molecule has 31 heavy (non-hydrogen) atoms. The van der Waals surface area contributed by atoms with Crippen LogP contribution < -0.4 is 11.3 Å². The molecule has 1 atom stereocenters. The van der Waals surface area contributed by atoms with Crippen LogP contribution in [0.2, 0.25) is 0 Å². The molecule has 4 rings (SSSR count). The predicted octanol–water partition coefficient (Wildman–Crippen LogP) is 3.36. The average Bonchev–Trinajstić information content (AvgIpc) is 3.27. The highest BCUT2D eigenvalue weighted by Gasteiger charge is 2.18. The second-order valence-corrected chi connectivity index (χ2v) is 6.87. The molecule has 0 spiro atoms. The molecule has 0 aliphatic heterocycles. The fourth-order valence-electron chi connectivity index (χ4n) is 3.03. The summed E-state index contributed by atoms with van der Waals surface area (Å²) >= 11 is 0. The van der Waals surface area contributed by atoms with Gasteiger partial charge in [-0.1, -0.05) is 30.3 Å². The molecule has 0 aliphatic rings. The van der Waals surface area contributed by atoms with Crippen molar-refractivity contribution in [3.8, 4) is 22.8 Å². The number of alkyl halides is 2. The summed E-state index contributed by atoms with van der Waals surface area (Å²) in [5.41, 5.74) is 7.78. The summed E-state index contributed by atoms with van der Waals surface area (Å²) < 4.78 is 31.7. The van der Waals surface area contributed by atoms with Crippen LogP contribution in [-0.2, 0) is 6.54 Å². The molecule has 0 amide bonds. The van der Waals surface area contributed by atoms with Crippen LogP contribution in [0.1, 0.15) is 36.5 Å². The minimum atomic E-state index is -2.85. The fourth-order valence-corrected chi connectivity index (χ4v) is 3.03. The maximum atomic E-state index is 13.1. The summed E-state index contributed by atoms with van der Waals surface area (Å²) in [4.78, 5) is 21.9. The van der Waals surface area contributed by atoms with Gasteiger partial charge in [0, 0.05) is 24.0 Å². The van der Waals surface area contributed by atoms with Crippen molar-refractivity contribution in [3.05, 3.63) is 82.4 Å². The fraction of sp³-hybridized carbons (Fsp3) is 0.190. The largest absolute Gasteiger partial charge is 0.415 e. The van der Waals surface area contributed by atoms with Crippen LogP contribution in [0.4, 0.5) is 8.78 Å². The summed E-state index contributed by atoms with van der Waals surface area (Å²) in [6.45, 7) is 1.86. The third-order valence-electron chi connectivity index (χ3n) is 4.62. The molecule has 0 saturated carbocycles. The van der Waals surface area contributed by atoms with Gasteiger partial charge in [0.1, 0.15) is 5.82 Å². The standard InChI is InChI=1S/C21H18F2N6O2/c1-12(24)16-10-26-18(13-5-3-2-4-6-13)29(21(16)30)11-15-8-7-14(9-25-15)19-27-28-20(31-19)17(22)23/h2-10,12,17H,11,24H2,1H3. The molecule has 0 fully saturated rings. The van der Waals surface area contributed by atoms with Crippen molar-refractivity contribution in [2.45, 2.75) is 25.9 Å². The molecule has 0 radical (unpaired) electrons. The zero-order valence-corrected chi connectivity index (χ0v) is 16.4. The maximum absolute atomic E-state index is 13.1. The molecular weight excluding hydrogens is 406 g/mol. The molecule has 10 heteroatoms. The number of hydrogen-bond acceptors (Lipinski definition) is 7. The minimum absolute atomic E-state index is 0.0582. The first-order chi connectivity index (χ1) is 14.9. The van der Waals surface area contributed by atoms with Crippen LogP contribution in [0.3, 0.4) is 0 Å². The Hall–Kier alpha value is -3.79. The van der Waals surface area contributed by atoms with E-state index in [9.17, 15) is 13.6 Å². The van der Waals surface area contributed by atoms with Crippen molar-refractivity contribution in [2.75, 3.05) is 0 Å². The quantitative estimate of drug-likeness (QED) is 0.505. The number of pyridine rings is 1. The molecule has 0 aliphatic carbocycles. The zero-order valence-electron chi connectivity index (χ0n) is 16.4. The highest BCUT2D eigenvalue weighted by atomic mass is 19.3. The Bertz CT molecular complexity index is 1240. The van der Waals surface area contributed by atoms with Crippen LogP contribution in [-0.4, -0.2) is 24.7 Å². The maximum Gasteiger partial charge on any atom is 0.314 e. The van der Waals surface area contributed by atoms with Gasteiger partial charge in [0.2, 0.25) is 5.89 Å². The second-order valence-electron chi connectivity index (χ2n) is 6.87. The molecule has 0 bridgehead atoms. The lowest BCUT2D eigenvalue weighted by Gasteiger charge is -2.15. The Morgan fingerprint density at radius 3 is 2.42 bits per heavy atom. The van der Waals surface area contributed by atoms with Gasteiger partial charge in [0.05, 0.1) is 23.4 Å². The number of aromatic nitrogens is 5. The van der Waals surface area contributed by atoms with E-state index in [1.54, 1.807) is 19.1 Å². The zero-order chi connectivity index (χ0) is 22.0. The molecule has 3 aromatic heterocycles. The summed E-state index contributed by atoms with van der Waals surface area (Å²) in [7, 11) is 0. The summed E-state index contributed by atoms with van der Waals surface area (Å²) in [6, 6.07) is 12.1. The van der Waals surface area contributed by atoms with E-state index < -0.39 is 18.4 Å². The van der Waals surface area contributed by atoms with Crippen LogP contribution in [0.25, 0.3) is 22.8 Å². The number of halogens is 2. The van der Waals surface area contributed by atoms with Crippen LogP contribution >= 0.6 is 0 Å². The SMILES string of the molecule is CC(N)c1cnc(-c2ccccc2)n(Cc2ccc(-c3nnc(C(F)F)o3)cn2)c1=O. The van der Waals surface area contributed by atoms with Crippen LogP contribution in [0.5, 0.6) is 0 Å². The lowest BCUT2D eigenvalue weighted by Crippen LogP contribution is -2.30. The van der Waals surface area contributed by atoms with Gasteiger partial charge in [-0.25, -0.2) is 4.98 Å². The van der Waals surface area contributed by atoms with Crippen LogP contribution in [0.15, 0.2) is 64.1 Å². The first-order valence-corrected chi connectivity index (χ1v) is 9.41. The molecule has 4 aromatic rings. The van der Waals surface area contributed by atoms with E-state index in [-0.39, 0.29) is 18.0 Å². The van der Waals surface area contributed by atoms with E-state index in [0.717, 1.165) is 5.56 Å². The summed E-state index contributed by atoms with van der Waals surface area (Å²) in [5.74, 6) is -0.326. The smallest absolute Gasteiger partial charge is 0.314 e. The molecule has 1 unspecified atom stereocenters. The third kappa shape index (κ3) is 4.24. The van der Waals surface area contributed by atoms with Gasteiger partial charge in [-0.15, -0.1) is 10.2 Å². The van der Waals surface area contributed by atoms with E-state index in [1.165, 1.54) is 17.0 Å². The third-order valence-corrected chi connectivity index (χ3v) is 4.62. The Labute approximate surface area is 175 Å². The predicted molar refractivity (Wildman–Crippen MR) is 108 cm³/mol. The van der Waals surface area contributed by atoms with Crippen molar-refractivity contribution in [3.63, 3.8) is 0 Å². The normalized spacial score (nSPS) is 12.3. The first kappa shape index (κ1) is 20.5. The second kappa shape index (κ2) is 8.52. The number of benzene rings is 1. The molecular formula is C21H18F2N6O2. The number of nitrogens with zero attached hydrogens (tertiary/aromatic N) is 5. The van der Waals surface area contributed by atoms with Gasteiger partial charge >= 0.3 is 6.43 Å². The number of hydrogen-bond donors (Lipinski definition) is 1. The van der Waals surface area contributed by atoms with E-state index in [1.807, 2.05) is 30.3 Å². The lowest BCUT2D eigenvalue weighted by molar-refractivity contribution is 0.116. The number of rotatable bonds is 6. The topological polar surface area (TPSA) is 113 Å². The summed E-state index contributed by atoms with van der Waals surface area (Å²) in [6.07, 6.45) is 0.0775. The molecule has 1 aromatic carbocycles. The Morgan fingerprint density at radius 2 is 1.81 bits per heavy atom. The monoisotopic (exact) mass is 424 g/mol. The Morgan fingerprint density at radius 1 is 1.03 bits per heavy atom. The van der Waals surface area contributed by atoms with Gasteiger partial charge in [0.25, 0.3) is 11.4 Å². The molecule has 2 N–H and O–H groups in total. The molecule has 8 nitrogen and oxygen atoms in total. The van der Waals surface area contributed by atoms with E-state index >= 15 is 0 Å². The molecule has 0 saturated heterocycles. The van der Waals surface area contributed by atoms with Crippen molar-refractivity contribution < 1.29 is 13.2 Å². The first-order valence-electron chi connectivity index (χ1n) is 9.41. The van der Waals surface area contributed by atoms with Crippen LogP contribution in [0, 0.1) is 0 Å². The van der Waals surface area contributed by atoms with Crippen molar-refractivity contribution in [1.29, 1.82) is 0 Å². The van der Waals surface area contributed by atoms with Crippen molar-refractivity contribution in [2.24, 2.45) is 5.73 Å². The highest BCUT2D eigenvalue weighted by molar-refractivity contribution is 5.55. The molecule has 3 heterocycles. The van der Waals surface area contributed by atoms with E-state index in [2.05, 4.69) is 20.2 Å². The van der Waals surface area contributed by atoms with Gasteiger partial charge in [-0.2, -0.15) is 8.78 Å². The Balaban J connectivity index is 1.69. The lowest BCUT2D eigenvalue weighted by atomic mass is 10.1. The van der Waals surface area contributed by atoms with Gasteiger partial charge in [0.15, 0.2) is 0 Å². The Kier molecular flexibility index (Phi) is 5.63. The molecule has 158 valence electrons. The van der Waals surface area contributed by atoms with E-state index in [4.69, 9.17) is 10.2 Å². The van der Waals surface area contributed by atoms with Crippen molar-refractivity contribution >= 4 is 0 Å². The highest BCUT2D eigenvalue weighted by Crippen LogP contribution is 2.23. The summed E-state index contributed by atoms with van der Waals surface area (Å²) in [5, 5.41) is 6.91. The van der Waals surface area contributed by atoms with Gasteiger partial charge in [-0.3, -0.25) is 14.3 Å². The minimum Gasteiger partial charge on any atom is -0.415 e.